The Bertz CT molecular complexity index is 952. The second-order valence-corrected chi connectivity index (χ2v) is 7.52. The largest absolute Gasteiger partial charge is 0.351 e. The topological polar surface area (TPSA) is 73.2 Å². The number of amides is 2. The number of nitrogens with one attached hydrogen (secondary N) is 1. The fourth-order valence-electron chi connectivity index (χ4n) is 2.81. The van der Waals surface area contributed by atoms with Crippen LogP contribution in [0.2, 0.25) is 0 Å². The summed E-state index contributed by atoms with van der Waals surface area (Å²) in [5.41, 5.74) is 1.36. The van der Waals surface area contributed by atoms with Crippen LogP contribution in [0.15, 0.2) is 65.2 Å². The van der Waals surface area contributed by atoms with Gasteiger partial charge in [0.2, 0.25) is 5.91 Å². The second-order valence-electron chi connectivity index (χ2n) is 6.19. The highest BCUT2D eigenvalue weighted by atomic mass is 32.2. The summed E-state index contributed by atoms with van der Waals surface area (Å²) in [7, 11) is 0. The molecule has 0 aromatic heterocycles. The number of nitriles is 1. The fourth-order valence-corrected chi connectivity index (χ4v) is 3.91. The standard InChI is InChI=1S/C21H18FN3O2S/c1-14-20(27)25(17-9-7-16(22)8-10-17)21(28-14)18(13-23)19(26)24-12-11-15-5-3-2-4-6-15/h2-10,14H,11-12H2,1H3,(H,24,26)/b21-18-. The monoisotopic (exact) mass is 395 g/mol. The molecule has 1 aliphatic heterocycles. The number of carbonyl (C=O) groups is 2. The first kappa shape index (κ1) is 19.6. The number of hydrogen-bond acceptors (Lipinski definition) is 4. The van der Waals surface area contributed by atoms with E-state index >= 15 is 0 Å². The predicted molar refractivity (Wildman–Crippen MR) is 107 cm³/mol. The summed E-state index contributed by atoms with van der Waals surface area (Å²) in [6.45, 7) is 2.07. The van der Waals surface area contributed by atoms with E-state index in [9.17, 15) is 19.2 Å². The SMILES string of the molecule is CC1S/C(=C(/C#N)C(=O)NCCc2ccccc2)N(c2ccc(F)cc2)C1=O. The third-order valence-corrected chi connectivity index (χ3v) is 5.40. The molecule has 1 saturated heterocycles. The zero-order valence-corrected chi connectivity index (χ0v) is 16.0. The number of nitrogens with zero attached hydrogens (tertiary/aromatic N) is 2. The van der Waals surface area contributed by atoms with Gasteiger partial charge in [-0.2, -0.15) is 5.26 Å². The molecular weight excluding hydrogens is 377 g/mol. The van der Waals surface area contributed by atoms with Crippen LogP contribution in [0.3, 0.4) is 0 Å². The molecule has 3 rings (SSSR count). The van der Waals surface area contributed by atoms with Gasteiger partial charge in [0.1, 0.15) is 22.5 Å². The average molecular weight is 395 g/mol. The van der Waals surface area contributed by atoms with Crippen molar-refractivity contribution >= 4 is 29.3 Å². The highest BCUT2D eigenvalue weighted by Crippen LogP contribution is 2.40. The van der Waals surface area contributed by atoms with E-state index in [1.807, 2.05) is 36.4 Å². The van der Waals surface area contributed by atoms with Gasteiger partial charge < -0.3 is 5.32 Å². The fraction of sp³-hybridized carbons (Fsp3) is 0.190. The number of carbonyl (C=O) groups excluding carboxylic acids is 2. The van der Waals surface area contributed by atoms with Crippen LogP contribution in [-0.2, 0) is 16.0 Å². The molecule has 1 aliphatic rings. The molecule has 1 fully saturated rings. The highest BCUT2D eigenvalue weighted by molar-refractivity contribution is 8.05. The lowest BCUT2D eigenvalue weighted by molar-refractivity contribution is -0.117. The maximum Gasteiger partial charge on any atom is 0.264 e. The molecule has 1 heterocycles. The number of thioether (sulfide) groups is 1. The lowest BCUT2D eigenvalue weighted by Crippen LogP contribution is -2.31. The third kappa shape index (κ3) is 4.24. The van der Waals surface area contributed by atoms with Crippen molar-refractivity contribution in [1.82, 2.24) is 5.32 Å². The number of rotatable bonds is 5. The summed E-state index contributed by atoms with van der Waals surface area (Å²) in [5, 5.41) is 12.1. The van der Waals surface area contributed by atoms with Crippen molar-refractivity contribution in [1.29, 1.82) is 5.26 Å². The Morgan fingerprint density at radius 1 is 1.21 bits per heavy atom. The maximum atomic E-state index is 13.2. The lowest BCUT2D eigenvalue weighted by Gasteiger charge is -2.18. The van der Waals surface area contributed by atoms with Crippen LogP contribution in [0.4, 0.5) is 10.1 Å². The summed E-state index contributed by atoms with van der Waals surface area (Å²) in [6, 6.07) is 17.0. The molecular formula is C21H18FN3O2S. The van der Waals surface area contributed by atoms with Crippen LogP contribution in [0, 0.1) is 17.1 Å². The van der Waals surface area contributed by atoms with Gasteiger partial charge in [0.15, 0.2) is 0 Å². The van der Waals surface area contributed by atoms with Gasteiger partial charge >= 0.3 is 0 Å². The van der Waals surface area contributed by atoms with Gasteiger partial charge in [-0.1, -0.05) is 42.1 Å². The molecule has 1 unspecified atom stereocenters. The molecule has 2 aromatic carbocycles. The Morgan fingerprint density at radius 2 is 1.89 bits per heavy atom. The summed E-state index contributed by atoms with van der Waals surface area (Å²) >= 11 is 1.15. The summed E-state index contributed by atoms with van der Waals surface area (Å²) in [6.07, 6.45) is 0.630. The summed E-state index contributed by atoms with van der Waals surface area (Å²) < 4.78 is 13.2. The van der Waals surface area contributed by atoms with Gasteiger partial charge in [0, 0.05) is 12.2 Å². The van der Waals surface area contributed by atoms with Gasteiger partial charge in [-0.15, -0.1) is 0 Å². The third-order valence-electron chi connectivity index (χ3n) is 4.24. The minimum atomic E-state index is -0.532. The molecule has 2 aromatic rings. The van der Waals surface area contributed by atoms with Crippen molar-refractivity contribution in [3.8, 4) is 6.07 Å². The maximum absolute atomic E-state index is 13.2. The van der Waals surface area contributed by atoms with Crippen molar-refractivity contribution in [2.75, 3.05) is 11.4 Å². The van der Waals surface area contributed by atoms with Crippen LogP contribution >= 0.6 is 11.8 Å². The van der Waals surface area contributed by atoms with Gasteiger partial charge in [0.05, 0.1) is 5.25 Å². The Morgan fingerprint density at radius 3 is 2.54 bits per heavy atom. The van der Waals surface area contributed by atoms with Crippen LogP contribution < -0.4 is 10.2 Å². The smallest absolute Gasteiger partial charge is 0.264 e. The van der Waals surface area contributed by atoms with Crippen molar-refractivity contribution in [2.24, 2.45) is 0 Å². The molecule has 1 atom stereocenters. The Balaban J connectivity index is 1.82. The van der Waals surface area contributed by atoms with Crippen molar-refractivity contribution in [3.05, 3.63) is 76.6 Å². The van der Waals surface area contributed by atoms with E-state index in [1.165, 1.54) is 29.2 Å². The lowest BCUT2D eigenvalue weighted by atomic mass is 10.1. The zero-order valence-electron chi connectivity index (χ0n) is 15.2. The zero-order chi connectivity index (χ0) is 20.1. The first-order chi connectivity index (χ1) is 13.5. The molecule has 5 nitrogen and oxygen atoms in total. The first-order valence-electron chi connectivity index (χ1n) is 8.74. The van der Waals surface area contributed by atoms with E-state index in [4.69, 9.17) is 0 Å². The first-order valence-corrected chi connectivity index (χ1v) is 9.62. The van der Waals surface area contributed by atoms with Crippen molar-refractivity contribution in [2.45, 2.75) is 18.6 Å². The number of anilines is 1. The molecule has 0 saturated carbocycles. The van der Waals surface area contributed by atoms with Crippen LogP contribution in [-0.4, -0.2) is 23.6 Å². The van der Waals surface area contributed by atoms with E-state index in [2.05, 4.69) is 5.32 Å². The van der Waals surface area contributed by atoms with E-state index in [-0.39, 0.29) is 16.5 Å². The molecule has 2 amide bonds. The van der Waals surface area contributed by atoms with Gasteiger partial charge in [-0.3, -0.25) is 14.5 Å². The molecule has 0 aliphatic carbocycles. The molecule has 0 spiro atoms. The molecule has 142 valence electrons. The minimum Gasteiger partial charge on any atom is -0.351 e. The molecule has 28 heavy (non-hydrogen) atoms. The molecule has 1 N–H and O–H groups in total. The Hall–Kier alpha value is -3.11. The number of benzene rings is 2. The number of halogens is 1. The normalized spacial score (nSPS) is 18.0. The average Bonchev–Trinajstić information content (AvgIpc) is 2.98. The minimum absolute atomic E-state index is 0.125. The van der Waals surface area contributed by atoms with E-state index in [0.717, 1.165) is 17.3 Å². The molecule has 0 radical (unpaired) electrons. The predicted octanol–water partition coefficient (Wildman–Crippen LogP) is 3.39. The van der Waals surface area contributed by atoms with Crippen LogP contribution in [0.1, 0.15) is 12.5 Å². The van der Waals surface area contributed by atoms with E-state index in [0.29, 0.717) is 18.7 Å². The second kappa shape index (κ2) is 8.72. The summed E-state index contributed by atoms with van der Waals surface area (Å²) in [5.74, 6) is -1.22. The number of hydrogen-bond donors (Lipinski definition) is 1. The van der Waals surface area contributed by atoms with Crippen molar-refractivity contribution in [3.63, 3.8) is 0 Å². The molecule has 7 heteroatoms. The Kier molecular flexibility index (Phi) is 6.12. The van der Waals surface area contributed by atoms with Gasteiger partial charge in [-0.25, -0.2) is 4.39 Å². The van der Waals surface area contributed by atoms with Gasteiger partial charge in [-0.05, 0) is 43.2 Å². The Labute approximate surface area is 166 Å². The molecule has 0 bridgehead atoms. The van der Waals surface area contributed by atoms with Crippen molar-refractivity contribution < 1.29 is 14.0 Å². The van der Waals surface area contributed by atoms with Crippen LogP contribution in [0.25, 0.3) is 0 Å². The highest BCUT2D eigenvalue weighted by Gasteiger charge is 2.38. The van der Waals surface area contributed by atoms with Gasteiger partial charge in [0.25, 0.3) is 5.91 Å². The van der Waals surface area contributed by atoms with E-state index < -0.39 is 17.0 Å². The van der Waals surface area contributed by atoms with Crippen LogP contribution in [0.5, 0.6) is 0 Å². The van der Waals surface area contributed by atoms with E-state index in [1.54, 1.807) is 6.92 Å². The quantitative estimate of drug-likeness (QED) is 0.622. The summed E-state index contributed by atoms with van der Waals surface area (Å²) in [4.78, 5) is 26.5.